The van der Waals surface area contributed by atoms with Crippen LogP contribution in [-0.4, -0.2) is 5.11 Å². The maximum absolute atomic E-state index is 13.2. The topological polar surface area (TPSA) is 32.3 Å². The molecule has 2 rings (SSSR count). The first-order valence-corrected chi connectivity index (χ1v) is 6.51. The van der Waals surface area contributed by atoms with Gasteiger partial charge < -0.3 is 10.4 Å². The summed E-state index contributed by atoms with van der Waals surface area (Å²) in [5.74, 6) is -2.87. The van der Waals surface area contributed by atoms with E-state index in [1.807, 2.05) is 25.1 Å². The van der Waals surface area contributed by atoms with Gasteiger partial charge in [-0.3, -0.25) is 0 Å². The van der Waals surface area contributed by atoms with Crippen LogP contribution in [0.5, 0.6) is 5.75 Å². The summed E-state index contributed by atoms with van der Waals surface area (Å²) >= 11 is 5.91. The summed E-state index contributed by atoms with van der Waals surface area (Å²) in [5.41, 5.74) is 1.41. The second kappa shape index (κ2) is 6.20. The molecule has 1 unspecified atom stereocenters. The molecular formula is C15H14ClF2NO. The minimum atomic E-state index is -0.961. The molecule has 20 heavy (non-hydrogen) atoms. The molecule has 2 aromatic rings. The zero-order valence-electron chi connectivity index (χ0n) is 10.8. The minimum Gasteiger partial charge on any atom is -0.503 e. The van der Waals surface area contributed by atoms with Gasteiger partial charge in [-0.05, 0) is 42.3 Å². The third-order valence-corrected chi connectivity index (χ3v) is 3.27. The highest BCUT2D eigenvalue weighted by molar-refractivity contribution is 6.30. The molecular weight excluding hydrogens is 284 g/mol. The molecule has 2 nitrogen and oxygen atoms in total. The SMILES string of the molecule is CC(NCc1cc(F)c(O)c(F)c1)c1cccc(Cl)c1. The van der Waals surface area contributed by atoms with E-state index in [0.29, 0.717) is 10.6 Å². The van der Waals surface area contributed by atoms with Gasteiger partial charge in [0.05, 0.1) is 0 Å². The van der Waals surface area contributed by atoms with Gasteiger partial charge in [-0.15, -0.1) is 0 Å². The van der Waals surface area contributed by atoms with Crippen molar-refractivity contribution >= 4 is 11.6 Å². The Balaban J connectivity index is 2.05. The van der Waals surface area contributed by atoms with Crippen LogP contribution in [0, 0.1) is 11.6 Å². The van der Waals surface area contributed by atoms with Crippen LogP contribution in [0.2, 0.25) is 5.02 Å². The largest absolute Gasteiger partial charge is 0.503 e. The van der Waals surface area contributed by atoms with E-state index in [9.17, 15) is 8.78 Å². The van der Waals surface area contributed by atoms with Crippen LogP contribution in [0.25, 0.3) is 0 Å². The predicted octanol–water partition coefficient (Wildman–Crippen LogP) is 4.17. The number of phenolic OH excluding ortho intramolecular Hbond substituents is 1. The van der Waals surface area contributed by atoms with E-state index in [4.69, 9.17) is 16.7 Å². The van der Waals surface area contributed by atoms with Crippen molar-refractivity contribution in [3.8, 4) is 5.75 Å². The molecule has 2 N–H and O–H groups in total. The highest BCUT2D eigenvalue weighted by atomic mass is 35.5. The first kappa shape index (κ1) is 14.8. The lowest BCUT2D eigenvalue weighted by atomic mass is 10.1. The van der Waals surface area contributed by atoms with Crippen LogP contribution in [-0.2, 0) is 6.54 Å². The van der Waals surface area contributed by atoms with Gasteiger partial charge in [-0.25, -0.2) is 8.78 Å². The fourth-order valence-electron chi connectivity index (χ4n) is 1.88. The zero-order valence-corrected chi connectivity index (χ0v) is 11.6. The molecule has 0 aliphatic rings. The Bertz CT molecular complexity index is 596. The monoisotopic (exact) mass is 297 g/mol. The first-order chi connectivity index (χ1) is 9.47. The third-order valence-electron chi connectivity index (χ3n) is 3.04. The Hall–Kier alpha value is -1.65. The first-order valence-electron chi connectivity index (χ1n) is 6.13. The highest BCUT2D eigenvalue weighted by Crippen LogP contribution is 2.22. The molecule has 106 valence electrons. The highest BCUT2D eigenvalue weighted by Gasteiger charge is 2.11. The molecule has 0 heterocycles. The number of phenols is 1. The van der Waals surface area contributed by atoms with Gasteiger partial charge in [-0.2, -0.15) is 0 Å². The van der Waals surface area contributed by atoms with E-state index < -0.39 is 17.4 Å². The number of nitrogens with one attached hydrogen (secondary N) is 1. The van der Waals surface area contributed by atoms with Gasteiger partial charge in [-0.1, -0.05) is 23.7 Å². The maximum Gasteiger partial charge on any atom is 0.187 e. The molecule has 0 radical (unpaired) electrons. The molecule has 5 heteroatoms. The normalized spacial score (nSPS) is 12.4. The van der Waals surface area contributed by atoms with Crippen LogP contribution in [0.4, 0.5) is 8.78 Å². The smallest absolute Gasteiger partial charge is 0.187 e. The van der Waals surface area contributed by atoms with Crippen LogP contribution in [0.1, 0.15) is 24.1 Å². The van der Waals surface area contributed by atoms with Crippen LogP contribution >= 0.6 is 11.6 Å². The summed E-state index contributed by atoms with van der Waals surface area (Å²) in [4.78, 5) is 0. The van der Waals surface area contributed by atoms with Gasteiger partial charge in [0.1, 0.15) is 0 Å². The van der Waals surface area contributed by atoms with E-state index in [-0.39, 0.29) is 12.6 Å². The van der Waals surface area contributed by atoms with E-state index in [1.165, 1.54) is 0 Å². The van der Waals surface area contributed by atoms with Gasteiger partial charge in [0, 0.05) is 17.6 Å². The summed E-state index contributed by atoms with van der Waals surface area (Å²) in [6.07, 6.45) is 0. The van der Waals surface area contributed by atoms with Crippen molar-refractivity contribution in [3.05, 3.63) is 64.2 Å². The molecule has 0 aromatic heterocycles. The van der Waals surface area contributed by atoms with Crippen LogP contribution in [0.3, 0.4) is 0 Å². The van der Waals surface area contributed by atoms with Gasteiger partial charge in [0.25, 0.3) is 0 Å². The Morgan fingerprint density at radius 2 is 1.85 bits per heavy atom. The molecule has 0 amide bonds. The molecule has 0 fully saturated rings. The Morgan fingerprint density at radius 3 is 2.45 bits per heavy atom. The molecule has 0 saturated carbocycles. The number of hydrogen-bond acceptors (Lipinski definition) is 2. The average molecular weight is 298 g/mol. The summed E-state index contributed by atoms with van der Waals surface area (Å²) in [6.45, 7) is 2.21. The number of halogens is 3. The van der Waals surface area contributed by atoms with Crippen molar-refractivity contribution in [1.82, 2.24) is 5.32 Å². The van der Waals surface area contributed by atoms with E-state index >= 15 is 0 Å². The van der Waals surface area contributed by atoms with E-state index in [0.717, 1.165) is 17.7 Å². The number of benzene rings is 2. The number of aromatic hydroxyl groups is 1. The fraction of sp³-hybridized carbons (Fsp3) is 0.200. The lowest BCUT2D eigenvalue weighted by Crippen LogP contribution is -2.18. The zero-order chi connectivity index (χ0) is 14.7. The minimum absolute atomic E-state index is 0.0198. The van der Waals surface area contributed by atoms with E-state index in [2.05, 4.69) is 5.32 Å². The predicted molar refractivity (Wildman–Crippen MR) is 74.7 cm³/mol. The van der Waals surface area contributed by atoms with Gasteiger partial charge >= 0.3 is 0 Å². The fourth-order valence-corrected chi connectivity index (χ4v) is 2.08. The van der Waals surface area contributed by atoms with Crippen molar-refractivity contribution in [2.45, 2.75) is 19.5 Å². The lowest BCUT2D eigenvalue weighted by molar-refractivity contribution is 0.394. The second-order valence-corrected chi connectivity index (χ2v) is 5.00. The molecule has 0 spiro atoms. The Labute approximate surface area is 121 Å². The van der Waals surface area contributed by atoms with Crippen LogP contribution < -0.4 is 5.32 Å². The number of rotatable bonds is 4. The molecule has 0 aliphatic carbocycles. The van der Waals surface area contributed by atoms with Gasteiger partial charge in [0.15, 0.2) is 17.4 Å². The summed E-state index contributed by atoms with van der Waals surface area (Å²) in [6, 6.07) is 9.57. The van der Waals surface area contributed by atoms with Crippen molar-refractivity contribution in [2.75, 3.05) is 0 Å². The lowest BCUT2D eigenvalue weighted by Gasteiger charge is -2.15. The summed E-state index contributed by atoms with van der Waals surface area (Å²) in [5, 5.41) is 12.8. The van der Waals surface area contributed by atoms with Gasteiger partial charge in [0.2, 0.25) is 0 Å². The summed E-state index contributed by atoms with van der Waals surface area (Å²) < 4.78 is 26.4. The van der Waals surface area contributed by atoms with Crippen molar-refractivity contribution < 1.29 is 13.9 Å². The maximum atomic E-state index is 13.2. The average Bonchev–Trinajstić information content (AvgIpc) is 2.42. The molecule has 2 aromatic carbocycles. The summed E-state index contributed by atoms with van der Waals surface area (Å²) in [7, 11) is 0. The quantitative estimate of drug-likeness (QED) is 0.887. The van der Waals surface area contributed by atoms with Crippen LogP contribution in [0.15, 0.2) is 36.4 Å². The standard InChI is InChI=1S/C15H14ClF2NO/c1-9(11-3-2-4-12(16)7-11)19-8-10-5-13(17)15(20)14(18)6-10/h2-7,9,19-20H,8H2,1H3. The van der Waals surface area contributed by atoms with Crippen molar-refractivity contribution in [3.63, 3.8) is 0 Å². The molecule has 1 atom stereocenters. The molecule has 0 bridgehead atoms. The Morgan fingerprint density at radius 1 is 1.20 bits per heavy atom. The van der Waals surface area contributed by atoms with Crippen molar-refractivity contribution in [2.24, 2.45) is 0 Å². The molecule has 0 aliphatic heterocycles. The molecule has 0 saturated heterocycles. The number of hydrogen-bond donors (Lipinski definition) is 2. The van der Waals surface area contributed by atoms with E-state index in [1.54, 1.807) is 6.07 Å². The van der Waals surface area contributed by atoms with Crippen molar-refractivity contribution in [1.29, 1.82) is 0 Å². The second-order valence-electron chi connectivity index (χ2n) is 4.57. The third kappa shape index (κ3) is 3.46. The Kier molecular flexibility index (Phi) is 4.57.